The first-order valence-corrected chi connectivity index (χ1v) is 8.47. The Morgan fingerprint density at radius 1 is 1.06 bits per heavy atom. The molecule has 0 fully saturated rings. The number of rotatable bonds is 10. The van der Waals surface area contributed by atoms with Crippen molar-refractivity contribution >= 4 is 15.9 Å². The SMILES string of the molecule is CCCCCN(CC(CC)(CC)CBr)C(C)C. The van der Waals surface area contributed by atoms with Crippen LogP contribution in [0.4, 0.5) is 0 Å². The summed E-state index contributed by atoms with van der Waals surface area (Å²) in [5.41, 5.74) is 0.469. The van der Waals surface area contributed by atoms with Crippen molar-refractivity contribution in [1.29, 1.82) is 0 Å². The molecule has 0 unspecified atom stereocenters. The highest BCUT2D eigenvalue weighted by Gasteiger charge is 2.28. The zero-order valence-electron chi connectivity index (χ0n) is 12.6. The quantitative estimate of drug-likeness (QED) is 0.401. The summed E-state index contributed by atoms with van der Waals surface area (Å²) in [6.07, 6.45) is 6.57. The zero-order chi connectivity index (χ0) is 13.3. The fourth-order valence-corrected chi connectivity index (χ4v) is 3.19. The van der Waals surface area contributed by atoms with E-state index in [0.29, 0.717) is 11.5 Å². The smallest absolute Gasteiger partial charge is 0.01000 e. The Bertz CT molecular complexity index is 167. The van der Waals surface area contributed by atoms with Crippen LogP contribution < -0.4 is 0 Å². The minimum Gasteiger partial charge on any atom is -0.300 e. The fraction of sp³-hybridized carbons (Fsp3) is 1.00. The number of alkyl halides is 1. The lowest BCUT2D eigenvalue weighted by Crippen LogP contribution is -2.42. The standard InChI is InChI=1S/C15H32BrN/c1-6-9-10-11-17(14(4)5)13-15(7-2,8-3)12-16/h14H,6-13H2,1-5H3. The number of unbranched alkanes of at least 4 members (excludes halogenated alkanes) is 2. The van der Waals surface area contributed by atoms with Gasteiger partial charge in [0.1, 0.15) is 0 Å². The van der Waals surface area contributed by atoms with Crippen molar-refractivity contribution in [1.82, 2.24) is 4.90 Å². The molecule has 0 aromatic heterocycles. The van der Waals surface area contributed by atoms with Gasteiger partial charge in [0.2, 0.25) is 0 Å². The average molecular weight is 306 g/mol. The Morgan fingerprint density at radius 3 is 2.00 bits per heavy atom. The maximum Gasteiger partial charge on any atom is 0.01000 e. The molecule has 0 aliphatic rings. The van der Waals surface area contributed by atoms with Gasteiger partial charge in [-0.2, -0.15) is 0 Å². The summed E-state index contributed by atoms with van der Waals surface area (Å²) in [6.45, 7) is 14.1. The van der Waals surface area contributed by atoms with Crippen LogP contribution in [0, 0.1) is 5.41 Å². The zero-order valence-corrected chi connectivity index (χ0v) is 14.1. The molecule has 0 saturated heterocycles. The number of nitrogens with zero attached hydrogens (tertiary/aromatic N) is 1. The van der Waals surface area contributed by atoms with Crippen LogP contribution in [0.5, 0.6) is 0 Å². The van der Waals surface area contributed by atoms with Crippen LogP contribution >= 0.6 is 15.9 Å². The van der Waals surface area contributed by atoms with Crippen molar-refractivity contribution in [2.24, 2.45) is 5.41 Å². The second kappa shape index (κ2) is 9.38. The Morgan fingerprint density at radius 2 is 1.65 bits per heavy atom. The third-order valence-corrected chi connectivity index (χ3v) is 5.29. The summed E-state index contributed by atoms with van der Waals surface area (Å²) in [5, 5.41) is 1.13. The Balaban J connectivity index is 4.39. The van der Waals surface area contributed by atoms with E-state index in [4.69, 9.17) is 0 Å². The first kappa shape index (κ1) is 17.4. The minimum absolute atomic E-state index is 0.469. The van der Waals surface area contributed by atoms with Gasteiger partial charge in [0.05, 0.1) is 0 Å². The highest BCUT2D eigenvalue weighted by atomic mass is 79.9. The number of halogens is 1. The van der Waals surface area contributed by atoms with Crippen molar-refractivity contribution in [2.45, 2.75) is 72.8 Å². The first-order chi connectivity index (χ1) is 8.05. The molecule has 104 valence electrons. The van der Waals surface area contributed by atoms with Crippen LogP contribution in [0.15, 0.2) is 0 Å². The van der Waals surface area contributed by atoms with Gasteiger partial charge in [-0.1, -0.05) is 49.5 Å². The van der Waals surface area contributed by atoms with Gasteiger partial charge in [-0.15, -0.1) is 0 Å². The highest BCUT2D eigenvalue weighted by Crippen LogP contribution is 2.30. The summed E-state index contributed by atoms with van der Waals surface area (Å²) in [7, 11) is 0. The van der Waals surface area contributed by atoms with E-state index < -0.39 is 0 Å². The lowest BCUT2D eigenvalue weighted by atomic mass is 9.83. The van der Waals surface area contributed by atoms with Crippen LogP contribution in [-0.2, 0) is 0 Å². The number of hydrogen-bond acceptors (Lipinski definition) is 1. The molecule has 0 bridgehead atoms. The lowest BCUT2D eigenvalue weighted by molar-refractivity contribution is 0.127. The number of hydrogen-bond donors (Lipinski definition) is 0. The third-order valence-electron chi connectivity index (χ3n) is 4.10. The molecule has 1 nitrogen and oxygen atoms in total. The van der Waals surface area contributed by atoms with Gasteiger partial charge in [0, 0.05) is 17.9 Å². The predicted octanol–water partition coefficient (Wildman–Crippen LogP) is 5.09. The maximum absolute atomic E-state index is 3.73. The summed E-state index contributed by atoms with van der Waals surface area (Å²) < 4.78 is 0. The van der Waals surface area contributed by atoms with Crippen LogP contribution in [0.25, 0.3) is 0 Å². The Labute approximate surface area is 117 Å². The van der Waals surface area contributed by atoms with Gasteiger partial charge in [-0.3, -0.25) is 0 Å². The topological polar surface area (TPSA) is 3.24 Å². The van der Waals surface area contributed by atoms with Gasteiger partial charge < -0.3 is 4.90 Å². The van der Waals surface area contributed by atoms with Crippen LogP contribution in [-0.4, -0.2) is 29.4 Å². The van der Waals surface area contributed by atoms with Crippen molar-refractivity contribution in [3.05, 3.63) is 0 Å². The van der Waals surface area contributed by atoms with Gasteiger partial charge in [0.25, 0.3) is 0 Å². The van der Waals surface area contributed by atoms with Crippen molar-refractivity contribution in [3.8, 4) is 0 Å². The fourth-order valence-electron chi connectivity index (χ4n) is 2.22. The molecule has 0 aromatic carbocycles. The Hall–Kier alpha value is 0.440. The second-order valence-corrected chi connectivity index (χ2v) is 6.17. The predicted molar refractivity (Wildman–Crippen MR) is 83.0 cm³/mol. The molecule has 0 aliphatic heterocycles. The summed E-state index contributed by atoms with van der Waals surface area (Å²) in [5.74, 6) is 0. The highest BCUT2D eigenvalue weighted by molar-refractivity contribution is 9.09. The molecule has 0 aromatic rings. The molecule has 0 spiro atoms. The van der Waals surface area contributed by atoms with Gasteiger partial charge in [0.15, 0.2) is 0 Å². The van der Waals surface area contributed by atoms with E-state index in [2.05, 4.69) is 55.4 Å². The maximum atomic E-state index is 3.73. The van der Waals surface area contributed by atoms with Crippen molar-refractivity contribution in [2.75, 3.05) is 18.4 Å². The van der Waals surface area contributed by atoms with Gasteiger partial charge in [-0.25, -0.2) is 0 Å². The Kier molecular flexibility index (Phi) is 9.62. The third kappa shape index (κ3) is 6.24. The van der Waals surface area contributed by atoms with Crippen molar-refractivity contribution in [3.63, 3.8) is 0 Å². The molecule has 0 atom stereocenters. The normalized spacial score (nSPS) is 12.7. The van der Waals surface area contributed by atoms with E-state index in [1.165, 1.54) is 45.2 Å². The van der Waals surface area contributed by atoms with Crippen molar-refractivity contribution < 1.29 is 0 Å². The molecule has 0 aliphatic carbocycles. The molecule has 0 heterocycles. The molecular formula is C15H32BrN. The summed E-state index contributed by atoms with van der Waals surface area (Å²) >= 11 is 3.73. The molecule has 0 radical (unpaired) electrons. The first-order valence-electron chi connectivity index (χ1n) is 7.35. The van der Waals surface area contributed by atoms with Crippen LogP contribution in [0.2, 0.25) is 0 Å². The molecule has 0 amide bonds. The van der Waals surface area contributed by atoms with Crippen LogP contribution in [0.3, 0.4) is 0 Å². The summed E-state index contributed by atoms with van der Waals surface area (Å²) in [6, 6.07) is 0.670. The molecule has 0 rings (SSSR count). The van der Waals surface area contributed by atoms with E-state index in [1.807, 2.05) is 0 Å². The van der Waals surface area contributed by atoms with E-state index in [0.717, 1.165) is 5.33 Å². The van der Waals surface area contributed by atoms with E-state index >= 15 is 0 Å². The summed E-state index contributed by atoms with van der Waals surface area (Å²) in [4.78, 5) is 2.67. The lowest BCUT2D eigenvalue weighted by Gasteiger charge is -2.38. The monoisotopic (exact) mass is 305 g/mol. The van der Waals surface area contributed by atoms with Gasteiger partial charge >= 0.3 is 0 Å². The molecule has 17 heavy (non-hydrogen) atoms. The molecule has 0 saturated carbocycles. The average Bonchev–Trinajstić information content (AvgIpc) is 2.34. The molecule has 2 heteroatoms. The van der Waals surface area contributed by atoms with Gasteiger partial charge in [-0.05, 0) is 45.1 Å². The molecule has 0 N–H and O–H groups in total. The van der Waals surface area contributed by atoms with Crippen LogP contribution in [0.1, 0.15) is 66.7 Å². The van der Waals surface area contributed by atoms with E-state index in [1.54, 1.807) is 0 Å². The minimum atomic E-state index is 0.469. The van der Waals surface area contributed by atoms with E-state index in [9.17, 15) is 0 Å². The second-order valence-electron chi connectivity index (χ2n) is 5.61. The largest absolute Gasteiger partial charge is 0.300 e. The molecular weight excluding hydrogens is 274 g/mol. The van der Waals surface area contributed by atoms with E-state index in [-0.39, 0.29) is 0 Å².